The fourth-order valence-corrected chi connectivity index (χ4v) is 3.52. The van der Waals surface area contributed by atoms with Crippen LogP contribution >= 0.6 is 0 Å². The average molecular weight is 288 g/mol. The van der Waals surface area contributed by atoms with Gasteiger partial charge in [0.25, 0.3) is 5.91 Å². The van der Waals surface area contributed by atoms with Crippen LogP contribution in [0.3, 0.4) is 0 Å². The Balaban J connectivity index is 1.79. The van der Waals surface area contributed by atoms with E-state index < -0.39 is 0 Å². The molecule has 0 radical (unpaired) electrons. The van der Waals surface area contributed by atoms with Gasteiger partial charge in [-0.15, -0.1) is 0 Å². The Morgan fingerprint density at radius 3 is 3.24 bits per heavy atom. The number of methoxy groups -OCH3 is 1. The first-order chi connectivity index (χ1) is 10.3. The summed E-state index contributed by atoms with van der Waals surface area (Å²) in [7, 11) is 1.74. The zero-order valence-electron chi connectivity index (χ0n) is 12.7. The Kier molecular flexibility index (Phi) is 4.56. The molecule has 0 saturated carbocycles. The Hall–Kier alpha value is -1.39. The van der Waals surface area contributed by atoms with Crippen molar-refractivity contribution in [2.45, 2.75) is 25.8 Å². The summed E-state index contributed by atoms with van der Waals surface area (Å²) < 4.78 is 5.26. The molecule has 1 saturated heterocycles. The second-order valence-electron chi connectivity index (χ2n) is 6.08. The summed E-state index contributed by atoms with van der Waals surface area (Å²) in [5.41, 5.74) is 3.43. The number of fused-ring (bicyclic) bond motifs is 1. The number of hydrogen-bond acceptors (Lipinski definition) is 3. The lowest BCUT2D eigenvalue weighted by atomic mass is 9.93. The van der Waals surface area contributed by atoms with Gasteiger partial charge in [-0.25, -0.2) is 0 Å². The normalized spacial score (nSPS) is 22.0. The van der Waals surface area contributed by atoms with Gasteiger partial charge in [-0.1, -0.05) is 12.1 Å². The first-order valence-electron chi connectivity index (χ1n) is 7.89. The number of nitrogens with one attached hydrogen (secondary N) is 1. The van der Waals surface area contributed by atoms with Gasteiger partial charge in [-0.3, -0.25) is 4.79 Å². The summed E-state index contributed by atoms with van der Waals surface area (Å²) in [5.74, 6) is 0.684. The molecule has 1 fully saturated rings. The van der Waals surface area contributed by atoms with Crippen molar-refractivity contribution in [2.24, 2.45) is 5.92 Å². The Morgan fingerprint density at radius 2 is 2.38 bits per heavy atom. The average Bonchev–Trinajstić information content (AvgIpc) is 2.54. The van der Waals surface area contributed by atoms with Crippen molar-refractivity contribution in [3.8, 4) is 0 Å². The van der Waals surface area contributed by atoms with Crippen molar-refractivity contribution < 1.29 is 9.53 Å². The third-order valence-electron chi connectivity index (χ3n) is 4.58. The minimum absolute atomic E-state index is 0.203. The number of carbonyl (C=O) groups excluding carboxylic acids is 1. The SMILES string of the molecule is COCC1CCCN(C(=O)c2cccc3c2CCNC3)C1. The second kappa shape index (κ2) is 6.58. The van der Waals surface area contributed by atoms with E-state index in [0.29, 0.717) is 5.92 Å². The van der Waals surface area contributed by atoms with Crippen LogP contribution in [-0.4, -0.2) is 44.2 Å². The predicted molar refractivity (Wildman–Crippen MR) is 82.4 cm³/mol. The van der Waals surface area contributed by atoms with Gasteiger partial charge in [0.05, 0.1) is 6.61 Å². The van der Waals surface area contributed by atoms with Crippen molar-refractivity contribution in [1.29, 1.82) is 0 Å². The Labute approximate surface area is 126 Å². The molecule has 1 amide bonds. The van der Waals surface area contributed by atoms with E-state index in [-0.39, 0.29) is 5.91 Å². The number of piperidine rings is 1. The number of rotatable bonds is 3. The van der Waals surface area contributed by atoms with Crippen LogP contribution in [0, 0.1) is 5.92 Å². The monoisotopic (exact) mass is 288 g/mol. The minimum Gasteiger partial charge on any atom is -0.384 e. The molecule has 1 atom stereocenters. The zero-order chi connectivity index (χ0) is 14.7. The molecule has 2 aliphatic heterocycles. The molecule has 114 valence electrons. The number of carbonyl (C=O) groups is 1. The van der Waals surface area contributed by atoms with Gasteiger partial charge in [0.15, 0.2) is 0 Å². The first-order valence-corrected chi connectivity index (χ1v) is 7.89. The number of nitrogens with zero attached hydrogens (tertiary/aromatic N) is 1. The van der Waals surface area contributed by atoms with Gasteiger partial charge in [-0.2, -0.15) is 0 Å². The molecule has 1 aromatic carbocycles. The molecule has 21 heavy (non-hydrogen) atoms. The van der Waals surface area contributed by atoms with Crippen LogP contribution in [0.4, 0.5) is 0 Å². The van der Waals surface area contributed by atoms with Crippen LogP contribution in [0.15, 0.2) is 18.2 Å². The molecule has 1 aromatic rings. The molecule has 3 rings (SSSR count). The van der Waals surface area contributed by atoms with Crippen LogP contribution in [0.2, 0.25) is 0 Å². The van der Waals surface area contributed by atoms with Gasteiger partial charge < -0.3 is 15.0 Å². The Morgan fingerprint density at radius 1 is 1.48 bits per heavy atom. The number of benzene rings is 1. The van der Waals surface area contributed by atoms with Crippen LogP contribution in [0.5, 0.6) is 0 Å². The molecular weight excluding hydrogens is 264 g/mol. The van der Waals surface area contributed by atoms with Gasteiger partial charge in [0.2, 0.25) is 0 Å². The smallest absolute Gasteiger partial charge is 0.254 e. The van der Waals surface area contributed by atoms with E-state index in [2.05, 4.69) is 11.4 Å². The molecule has 0 aliphatic carbocycles. The summed E-state index contributed by atoms with van der Waals surface area (Å²) >= 11 is 0. The third-order valence-corrected chi connectivity index (χ3v) is 4.58. The first kappa shape index (κ1) is 14.5. The highest BCUT2D eigenvalue weighted by molar-refractivity contribution is 5.96. The standard InChI is InChI=1S/C17H24N2O2/c1-21-12-13-4-3-9-19(11-13)17(20)16-6-2-5-14-10-18-8-7-15(14)16/h2,5-6,13,18H,3-4,7-12H2,1H3. The molecule has 1 unspecified atom stereocenters. The zero-order valence-corrected chi connectivity index (χ0v) is 12.7. The molecule has 1 N–H and O–H groups in total. The summed E-state index contributed by atoms with van der Waals surface area (Å²) in [5, 5.41) is 3.37. The molecule has 0 bridgehead atoms. The van der Waals surface area contributed by atoms with E-state index in [1.165, 1.54) is 11.1 Å². The number of ether oxygens (including phenoxy) is 1. The van der Waals surface area contributed by atoms with Crippen LogP contribution < -0.4 is 5.32 Å². The lowest BCUT2D eigenvalue weighted by Crippen LogP contribution is -2.41. The lowest BCUT2D eigenvalue weighted by molar-refractivity contribution is 0.0569. The Bertz CT molecular complexity index is 514. The minimum atomic E-state index is 0.203. The van der Waals surface area contributed by atoms with E-state index >= 15 is 0 Å². The van der Waals surface area contributed by atoms with Gasteiger partial charge in [0.1, 0.15) is 0 Å². The third kappa shape index (κ3) is 3.11. The van der Waals surface area contributed by atoms with Gasteiger partial charge in [0, 0.05) is 32.3 Å². The van der Waals surface area contributed by atoms with Crippen LogP contribution in [-0.2, 0) is 17.7 Å². The number of likely N-dealkylation sites (tertiary alicyclic amines) is 1. The van der Waals surface area contributed by atoms with E-state index in [1.54, 1.807) is 7.11 Å². The highest BCUT2D eigenvalue weighted by atomic mass is 16.5. The second-order valence-corrected chi connectivity index (χ2v) is 6.08. The van der Waals surface area contributed by atoms with E-state index in [0.717, 1.165) is 57.6 Å². The summed E-state index contributed by atoms with van der Waals surface area (Å²) in [6.07, 6.45) is 3.19. The molecule has 2 heterocycles. The van der Waals surface area contributed by atoms with Crippen molar-refractivity contribution in [2.75, 3.05) is 33.4 Å². The van der Waals surface area contributed by atoms with Crippen LogP contribution in [0.1, 0.15) is 34.3 Å². The van der Waals surface area contributed by atoms with Crippen LogP contribution in [0.25, 0.3) is 0 Å². The molecule has 0 aromatic heterocycles. The summed E-state index contributed by atoms with van der Waals surface area (Å²) in [6.45, 7) is 4.29. The highest BCUT2D eigenvalue weighted by Gasteiger charge is 2.26. The van der Waals surface area contributed by atoms with E-state index in [9.17, 15) is 4.79 Å². The quantitative estimate of drug-likeness (QED) is 0.922. The molecular formula is C17H24N2O2. The van der Waals surface area contributed by atoms with Crippen molar-refractivity contribution >= 4 is 5.91 Å². The maximum Gasteiger partial charge on any atom is 0.254 e. The summed E-state index contributed by atoms with van der Waals surface area (Å²) in [6, 6.07) is 6.13. The molecule has 0 spiro atoms. The van der Waals surface area contributed by atoms with Crippen molar-refractivity contribution in [1.82, 2.24) is 10.2 Å². The van der Waals surface area contributed by atoms with E-state index in [1.807, 2.05) is 17.0 Å². The fourth-order valence-electron chi connectivity index (χ4n) is 3.52. The highest BCUT2D eigenvalue weighted by Crippen LogP contribution is 2.23. The largest absolute Gasteiger partial charge is 0.384 e. The predicted octanol–water partition coefficient (Wildman–Crippen LogP) is 1.83. The summed E-state index contributed by atoms with van der Waals surface area (Å²) in [4.78, 5) is 14.9. The molecule has 2 aliphatic rings. The van der Waals surface area contributed by atoms with Gasteiger partial charge >= 0.3 is 0 Å². The number of hydrogen-bond donors (Lipinski definition) is 1. The fraction of sp³-hybridized carbons (Fsp3) is 0.588. The lowest BCUT2D eigenvalue weighted by Gasteiger charge is -2.33. The van der Waals surface area contributed by atoms with Crippen molar-refractivity contribution in [3.05, 3.63) is 34.9 Å². The molecule has 4 nitrogen and oxygen atoms in total. The maximum absolute atomic E-state index is 12.9. The van der Waals surface area contributed by atoms with E-state index in [4.69, 9.17) is 4.74 Å². The van der Waals surface area contributed by atoms with Gasteiger partial charge in [-0.05, 0) is 48.9 Å². The maximum atomic E-state index is 12.9. The molecule has 4 heteroatoms. The van der Waals surface area contributed by atoms with Crippen molar-refractivity contribution in [3.63, 3.8) is 0 Å². The number of amides is 1. The topological polar surface area (TPSA) is 41.6 Å².